The highest BCUT2D eigenvalue weighted by Gasteiger charge is 2.62. The minimum Gasteiger partial charge on any atom is -0.510 e. The fraction of sp³-hybridized carbons (Fsp3) is 0.552. The molecule has 1 amide bonds. The van der Waals surface area contributed by atoms with E-state index in [-0.39, 0.29) is 22.6 Å². The summed E-state index contributed by atoms with van der Waals surface area (Å²) in [6.45, 7) is 1.52. The van der Waals surface area contributed by atoms with Crippen LogP contribution in [0, 0.1) is 20.8 Å². The van der Waals surface area contributed by atoms with Crippen LogP contribution in [0.1, 0.15) is 62.1 Å². The van der Waals surface area contributed by atoms with Crippen LogP contribution in [0.2, 0.25) is 0 Å². The van der Waals surface area contributed by atoms with Gasteiger partial charge in [-0.05, 0) is 86.8 Å². The number of carbonyl (C=O) groups excluding carboxylic acids is 3. The van der Waals surface area contributed by atoms with Crippen molar-refractivity contribution in [3.8, 4) is 5.75 Å². The van der Waals surface area contributed by atoms with Crippen molar-refractivity contribution in [1.29, 1.82) is 0 Å². The number of phenols is 1. The highest BCUT2D eigenvalue weighted by molar-refractivity contribution is 14.1. The SMILES string of the molecule is CN(C)C1C(=O)C(C(N)=O)=C(O)[C@]2(C)C(=O)C3=C(O)c4c(O)c(CSC5CCCCC5)cc(I)c4CC3CC12. The van der Waals surface area contributed by atoms with Crippen molar-refractivity contribution >= 4 is 57.6 Å². The number of hydrogen-bond donors (Lipinski definition) is 4. The lowest BCUT2D eigenvalue weighted by molar-refractivity contribution is -0.139. The number of aromatic hydroxyl groups is 1. The lowest BCUT2D eigenvalue weighted by Gasteiger charge is -2.51. The van der Waals surface area contributed by atoms with Crippen molar-refractivity contribution < 1.29 is 29.7 Å². The molecule has 3 unspecified atom stereocenters. The van der Waals surface area contributed by atoms with Crippen molar-refractivity contribution in [2.24, 2.45) is 23.0 Å². The maximum absolute atomic E-state index is 14.2. The van der Waals surface area contributed by atoms with Crippen LogP contribution in [0.3, 0.4) is 0 Å². The van der Waals surface area contributed by atoms with E-state index in [1.807, 2.05) is 17.8 Å². The van der Waals surface area contributed by atoms with E-state index in [1.165, 1.54) is 39.0 Å². The van der Waals surface area contributed by atoms with Crippen LogP contribution >= 0.6 is 34.4 Å². The Balaban J connectivity index is 1.60. The lowest BCUT2D eigenvalue weighted by Crippen LogP contribution is -2.60. The van der Waals surface area contributed by atoms with Gasteiger partial charge in [0.2, 0.25) is 0 Å². The van der Waals surface area contributed by atoms with Gasteiger partial charge in [-0.25, -0.2) is 0 Å². The Morgan fingerprint density at radius 3 is 2.46 bits per heavy atom. The van der Waals surface area contributed by atoms with Crippen molar-refractivity contribution in [3.63, 3.8) is 0 Å². The van der Waals surface area contributed by atoms with Crippen LogP contribution in [0.4, 0.5) is 0 Å². The summed E-state index contributed by atoms with van der Waals surface area (Å²) in [6, 6.07) is 1.13. The summed E-state index contributed by atoms with van der Waals surface area (Å²) in [5.41, 5.74) is 5.22. The Kier molecular flexibility index (Phi) is 7.60. The van der Waals surface area contributed by atoms with Gasteiger partial charge in [-0.15, -0.1) is 0 Å². The largest absolute Gasteiger partial charge is 0.510 e. The first kappa shape index (κ1) is 28.5. The van der Waals surface area contributed by atoms with Crippen LogP contribution in [-0.2, 0) is 26.6 Å². The van der Waals surface area contributed by atoms with Gasteiger partial charge >= 0.3 is 0 Å². The average molecular weight is 667 g/mol. The fourth-order valence-electron chi connectivity index (χ4n) is 7.16. The van der Waals surface area contributed by atoms with Gasteiger partial charge in [0.15, 0.2) is 11.6 Å². The molecular formula is C29H35IN2O6S. The number of amides is 1. The van der Waals surface area contributed by atoms with Crippen LogP contribution in [0.25, 0.3) is 5.76 Å². The Morgan fingerprint density at radius 2 is 1.85 bits per heavy atom. The summed E-state index contributed by atoms with van der Waals surface area (Å²) in [4.78, 5) is 41.4. The van der Waals surface area contributed by atoms with E-state index in [0.29, 0.717) is 23.8 Å². The summed E-state index contributed by atoms with van der Waals surface area (Å²) >= 11 is 4.05. The van der Waals surface area contributed by atoms with Crippen LogP contribution in [0.5, 0.6) is 5.75 Å². The number of benzene rings is 1. The summed E-state index contributed by atoms with van der Waals surface area (Å²) in [6.07, 6.45) is 6.79. The molecular weight excluding hydrogens is 631 g/mol. The molecule has 4 atom stereocenters. The molecule has 0 aromatic heterocycles. The normalized spacial score (nSPS) is 29.4. The number of fused-ring (bicyclic) bond motifs is 3. The summed E-state index contributed by atoms with van der Waals surface area (Å²) in [5.74, 6) is -3.57. The molecule has 1 aromatic carbocycles. The maximum atomic E-state index is 14.2. The molecule has 2 saturated carbocycles. The number of nitrogens with two attached hydrogens (primary N) is 1. The molecule has 4 aliphatic rings. The number of carbonyl (C=O) groups is 3. The minimum absolute atomic E-state index is 0.0140. The summed E-state index contributed by atoms with van der Waals surface area (Å²) in [7, 11) is 3.39. The minimum atomic E-state index is -1.62. The van der Waals surface area contributed by atoms with E-state index in [1.54, 1.807) is 19.0 Å². The van der Waals surface area contributed by atoms with Gasteiger partial charge in [-0.2, -0.15) is 11.8 Å². The molecule has 5 N–H and O–H groups in total. The average Bonchev–Trinajstić information content (AvgIpc) is 2.87. The molecule has 0 spiro atoms. The Bertz CT molecular complexity index is 1330. The van der Waals surface area contributed by atoms with Crippen molar-refractivity contribution in [1.82, 2.24) is 4.90 Å². The number of likely N-dealkylation sites (N-methyl/N-ethyl adjacent to an activating group) is 1. The molecule has 39 heavy (non-hydrogen) atoms. The zero-order valence-electron chi connectivity index (χ0n) is 22.4. The third kappa shape index (κ3) is 4.41. The number of rotatable bonds is 5. The molecule has 8 nitrogen and oxygen atoms in total. The Hall–Kier alpha value is -2.05. The van der Waals surface area contributed by atoms with Crippen LogP contribution in [0.15, 0.2) is 23.0 Å². The molecule has 0 heterocycles. The lowest BCUT2D eigenvalue weighted by atomic mass is 9.53. The van der Waals surface area contributed by atoms with E-state index < -0.39 is 52.1 Å². The third-order valence-electron chi connectivity index (χ3n) is 9.23. The number of aliphatic hydroxyl groups is 2. The number of primary amides is 1. The molecule has 5 rings (SSSR count). The fourth-order valence-corrected chi connectivity index (χ4v) is 9.33. The zero-order valence-corrected chi connectivity index (χ0v) is 25.4. The molecule has 0 bridgehead atoms. The first-order chi connectivity index (χ1) is 18.4. The first-order valence-corrected chi connectivity index (χ1v) is 15.6. The summed E-state index contributed by atoms with van der Waals surface area (Å²) < 4.78 is 0.911. The van der Waals surface area contributed by atoms with Gasteiger partial charge in [0.05, 0.1) is 17.0 Å². The van der Waals surface area contributed by atoms with E-state index in [4.69, 9.17) is 5.73 Å². The second kappa shape index (κ2) is 10.4. The third-order valence-corrected chi connectivity index (χ3v) is 11.6. The number of thioether (sulfide) groups is 1. The number of hydrogen-bond acceptors (Lipinski definition) is 8. The molecule has 210 valence electrons. The van der Waals surface area contributed by atoms with Crippen LogP contribution in [-0.4, -0.2) is 63.1 Å². The second-order valence-electron chi connectivity index (χ2n) is 11.7. The van der Waals surface area contributed by atoms with Gasteiger partial charge in [0.1, 0.15) is 22.8 Å². The number of ketones is 2. The number of nitrogens with zero attached hydrogens (tertiary/aromatic N) is 1. The van der Waals surface area contributed by atoms with E-state index in [9.17, 15) is 29.7 Å². The van der Waals surface area contributed by atoms with Crippen molar-refractivity contribution in [2.75, 3.05) is 14.1 Å². The van der Waals surface area contributed by atoms with E-state index in [0.717, 1.165) is 14.7 Å². The molecule has 0 aliphatic heterocycles. The topological polar surface area (TPSA) is 141 Å². The predicted octanol–water partition coefficient (Wildman–Crippen LogP) is 4.41. The number of aliphatic hydroxyl groups excluding tert-OH is 2. The molecule has 10 heteroatoms. The molecule has 1 aromatic rings. The zero-order chi connectivity index (χ0) is 28.4. The number of phenolic OH excluding ortho intramolecular Hbond substituents is 1. The standard InChI is InChI=1S/C29H35IN2O6S/c1-29-17(22(32(2)3)25(35)21(27(29)37)28(31)38)10-13-9-16-18(30)11-14(12-39-15-7-5-4-6-8-15)23(33)20(16)24(34)19(13)26(29)36/h11,13,15,17,22,33-34,37H,4-10,12H2,1-3H3,(H2,31,38)/t13?,17?,22?,29-/m0/s1. The Morgan fingerprint density at radius 1 is 1.18 bits per heavy atom. The van der Waals surface area contributed by atoms with Crippen molar-refractivity contribution in [3.05, 3.63) is 43.2 Å². The van der Waals surface area contributed by atoms with Gasteiger partial charge in [0, 0.05) is 31.6 Å². The van der Waals surface area contributed by atoms with Gasteiger partial charge in [-0.3, -0.25) is 19.3 Å². The number of Topliss-reactive ketones (excluding diaryl/α,β-unsaturated/α-hetero) is 2. The molecule has 4 aliphatic carbocycles. The second-order valence-corrected chi connectivity index (χ2v) is 14.1. The highest BCUT2D eigenvalue weighted by atomic mass is 127. The summed E-state index contributed by atoms with van der Waals surface area (Å²) in [5, 5.41) is 34.7. The predicted molar refractivity (Wildman–Crippen MR) is 158 cm³/mol. The smallest absolute Gasteiger partial charge is 0.255 e. The van der Waals surface area contributed by atoms with Crippen LogP contribution < -0.4 is 5.73 Å². The van der Waals surface area contributed by atoms with Gasteiger partial charge < -0.3 is 21.1 Å². The molecule has 0 saturated heterocycles. The molecule has 0 radical (unpaired) electrons. The molecule has 2 fully saturated rings. The maximum Gasteiger partial charge on any atom is 0.255 e. The van der Waals surface area contributed by atoms with E-state index >= 15 is 0 Å². The van der Waals surface area contributed by atoms with E-state index in [2.05, 4.69) is 22.6 Å². The Labute approximate surface area is 246 Å². The monoisotopic (exact) mass is 666 g/mol. The quantitative estimate of drug-likeness (QED) is 0.268. The first-order valence-electron chi connectivity index (χ1n) is 13.5. The number of allylic oxidation sites excluding steroid dienone is 2. The highest BCUT2D eigenvalue weighted by Crippen LogP contribution is 2.57. The van der Waals surface area contributed by atoms with Gasteiger partial charge in [-0.1, -0.05) is 19.3 Å². The number of halogens is 1. The van der Waals surface area contributed by atoms with Crippen molar-refractivity contribution in [2.45, 2.75) is 68.9 Å². The van der Waals surface area contributed by atoms with Gasteiger partial charge in [0.25, 0.3) is 5.91 Å².